The topological polar surface area (TPSA) is 94.2 Å². The van der Waals surface area contributed by atoms with Gasteiger partial charge < -0.3 is 19.5 Å². The molecule has 1 heterocycles. The minimum absolute atomic E-state index is 0.185. The maximum Gasteiger partial charge on any atom is 0.248 e. The van der Waals surface area contributed by atoms with Crippen molar-refractivity contribution in [1.82, 2.24) is 4.31 Å². The molecule has 0 unspecified atom stereocenters. The summed E-state index contributed by atoms with van der Waals surface area (Å²) < 4.78 is 42.7. The van der Waals surface area contributed by atoms with Crippen LogP contribution in [0.15, 0.2) is 53.4 Å². The van der Waals surface area contributed by atoms with E-state index in [1.165, 1.54) is 22.5 Å². The van der Waals surface area contributed by atoms with Gasteiger partial charge in [0.2, 0.25) is 15.9 Å². The Morgan fingerprint density at radius 2 is 1.84 bits per heavy atom. The Morgan fingerprint density at radius 1 is 1.13 bits per heavy atom. The zero-order chi connectivity index (χ0) is 22.3. The maximum atomic E-state index is 12.7. The Bertz CT molecular complexity index is 1030. The Balaban J connectivity index is 1.63. The maximum absolute atomic E-state index is 12.7. The van der Waals surface area contributed by atoms with E-state index in [9.17, 15) is 13.2 Å². The highest BCUT2D eigenvalue weighted by Gasteiger charge is 2.26. The molecule has 166 valence electrons. The van der Waals surface area contributed by atoms with Crippen LogP contribution in [-0.2, 0) is 19.6 Å². The highest BCUT2D eigenvalue weighted by molar-refractivity contribution is 7.89. The molecular formula is C22H26N2O6S. The number of benzene rings is 2. The Labute approximate surface area is 182 Å². The van der Waals surface area contributed by atoms with E-state index < -0.39 is 10.0 Å². The number of nitrogens with one attached hydrogen (secondary N) is 1. The first-order valence-electron chi connectivity index (χ1n) is 9.92. The van der Waals surface area contributed by atoms with E-state index in [0.717, 1.165) is 5.56 Å². The normalized spacial score (nSPS) is 15.0. The quantitative estimate of drug-likeness (QED) is 0.627. The summed E-state index contributed by atoms with van der Waals surface area (Å²) in [6.45, 7) is 3.87. The van der Waals surface area contributed by atoms with Gasteiger partial charge in [-0.15, -0.1) is 0 Å². The van der Waals surface area contributed by atoms with Crippen molar-refractivity contribution in [3.05, 3.63) is 54.1 Å². The molecule has 1 aliphatic heterocycles. The number of hydrogen-bond donors (Lipinski definition) is 1. The van der Waals surface area contributed by atoms with E-state index in [1.54, 1.807) is 37.5 Å². The van der Waals surface area contributed by atoms with Crippen LogP contribution in [0, 0.1) is 0 Å². The summed E-state index contributed by atoms with van der Waals surface area (Å²) in [6, 6.07) is 11.5. The third-order valence-corrected chi connectivity index (χ3v) is 6.56. The lowest BCUT2D eigenvalue weighted by Crippen LogP contribution is -2.40. The van der Waals surface area contributed by atoms with E-state index in [0.29, 0.717) is 50.1 Å². The highest BCUT2D eigenvalue weighted by Crippen LogP contribution is 2.28. The van der Waals surface area contributed by atoms with Crippen LogP contribution >= 0.6 is 0 Å². The van der Waals surface area contributed by atoms with Crippen molar-refractivity contribution < 1.29 is 27.4 Å². The third-order valence-electron chi connectivity index (χ3n) is 4.64. The van der Waals surface area contributed by atoms with Crippen LogP contribution in [-0.4, -0.2) is 58.7 Å². The standard InChI is InChI=1S/C22H26N2O6S/c1-3-30-20-10-4-17(16-21(20)28-2)5-11-22(25)23-18-6-8-19(9-7-18)31(26,27)24-12-14-29-15-13-24/h4-11,16H,3,12-15H2,1-2H3,(H,23,25)/b11-5+. The average molecular weight is 447 g/mol. The number of nitrogens with zero attached hydrogens (tertiary/aromatic N) is 1. The molecule has 2 aromatic rings. The summed E-state index contributed by atoms with van der Waals surface area (Å²) in [5, 5.41) is 2.72. The van der Waals surface area contributed by atoms with Crippen LogP contribution in [0.3, 0.4) is 0 Å². The van der Waals surface area contributed by atoms with Crippen molar-refractivity contribution in [2.45, 2.75) is 11.8 Å². The molecule has 0 bridgehead atoms. The summed E-state index contributed by atoms with van der Waals surface area (Å²) in [7, 11) is -2.01. The Hall–Kier alpha value is -2.88. The SMILES string of the molecule is CCOc1ccc(/C=C/C(=O)Nc2ccc(S(=O)(=O)N3CCOCC3)cc2)cc1OC. The molecule has 1 aliphatic rings. The van der Waals surface area contributed by atoms with E-state index in [-0.39, 0.29) is 10.8 Å². The van der Waals surface area contributed by atoms with Crippen LogP contribution in [0.4, 0.5) is 5.69 Å². The Morgan fingerprint density at radius 3 is 2.48 bits per heavy atom. The van der Waals surface area contributed by atoms with Crippen molar-refractivity contribution >= 4 is 27.7 Å². The summed E-state index contributed by atoms with van der Waals surface area (Å²) >= 11 is 0. The number of carbonyl (C=O) groups is 1. The molecule has 2 aromatic carbocycles. The third kappa shape index (κ3) is 5.84. The second-order valence-corrected chi connectivity index (χ2v) is 8.64. The smallest absolute Gasteiger partial charge is 0.248 e. The number of morpholine rings is 1. The van der Waals surface area contributed by atoms with Gasteiger partial charge in [0.15, 0.2) is 11.5 Å². The van der Waals surface area contributed by atoms with E-state index in [2.05, 4.69) is 5.32 Å². The van der Waals surface area contributed by atoms with Gasteiger partial charge in [-0.1, -0.05) is 6.07 Å². The van der Waals surface area contributed by atoms with Crippen LogP contribution in [0.25, 0.3) is 6.08 Å². The molecule has 0 aliphatic carbocycles. The zero-order valence-electron chi connectivity index (χ0n) is 17.5. The molecule has 0 radical (unpaired) electrons. The van der Waals surface area contributed by atoms with Crippen molar-refractivity contribution in [3.63, 3.8) is 0 Å². The van der Waals surface area contributed by atoms with Crippen molar-refractivity contribution in [1.29, 1.82) is 0 Å². The molecule has 9 heteroatoms. The zero-order valence-corrected chi connectivity index (χ0v) is 18.4. The molecular weight excluding hydrogens is 420 g/mol. The molecule has 3 rings (SSSR count). The highest BCUT2D eigenvalue weighted by atomic mass is 32.2. The molecule has 8 nitrogen and oxygen atoms in total. The van der Waals surface area contributed by atoms with Gasteiger partial charge in [0.1, 0.15) is 0 Å². The first kappa shape index (κ1) is 22.8. The fraction of sp³-hybridized carbons (Fsp3) is 0.318. The van der Waals surface area contributed by atoms with Gasteiger partial charge in [-0.3, -0.25) is 4.79 Å². The number of methoxy groups -OCH3 is 1. The van der Waals surface area contributed by atoms with Crippen LogP contribution < -0.4 is 14.8 Å². The molecule has 1 N–H and O–H groups in total. The van der Waals surface area contributed by atoms with Gasteiger partial charge in [0, 0.05) is 24.9 Å². The number of sulfonamides is 1. The van der Waals surface area contributed by atoms with Crippen molar-refractivity contribution in [2.75, 3.05) is 45.3 Å². The molecule has 0 aromatic heterocycles. The second-order valence-electron chi connectivity index (χ2n) is 6.71. The summed E-state index contributed by atoms with van der Waals surface area (Å²) in [6.07, 6.45) is 3.05. The lowest BCUT2D eigenvalue weighted by molar-refractivity contribution is -0.111. The lowest BCUT2D eigenvalue weighted by atomic mass is 10.2. The number of ether oxygens (including phenoxy) is 3. The van der Waals surface area contributed by atoms with Gasteiger partial charge in [-0.25, -0.2) is 8.42 Å². The first-order chi connectivity index (χ1) is 14.9. The Kier molecular flexibility index (Phi) is 7.67. The van der Waals surface area contributed by atoms with E-state index >= 15 is 0 Å². The van der Waals surface area contributed by atoms with Crippen molar-refractivity contribution in [3.8, 4) is 11.5 Å². The number of amides is 1. The van der Waals surface area contributed by atoms with Gasteiger partial charge in [-0.2, -0.15) is 4.31 Å². The number of rotatable bonds is 8. The summed E-state index contributed by atoms with van der Waals surface area (Å²) in [5.41, 5.74) is 1.28. The first-order valence-corrected chi connectivity index (χ1v) is 11.4. The molecule has 31 heavy (non-hydrogen) atoms. The molecule has 1 saturated heterocycles. The van der Waals surface area contributed by atoms with Crippen LogP contribution in [0.1, 0.15) is 12.5 Å². The van der Waals surface area contributed by atoms with Crippen LogP contribution in [0.5, 0.6) is 11.5 Å². The fourth-order valence-corrected chi connectivity index (χ4v) is 4.47. The van der Waals surface area contributed by atoms with Crippen LogP contribution in [0.2, 0.25) is 0 Å². The number of anilines is 1. The van der Waals surface area contributed by atoms with Gasteiger partial charge in [-0.05, 0) is 55.0 Å². The predicted molar refractivity (Wildman–Crippen MR) is 118 cm³/mol. The number of hydrogen-bond acceptors (Lipinski definition) is 6. The number of carbonyl (C=O) groups excluding carboxylic acids is 1. The predicted octanol–water partition coefficient (Wildman–Crippen LogP) is 2.77. The van der Waals surface area contributed by atoms with Gasteiger partial charge in [0.05, 0.1) is 31.8 Å². The largest absolute Gasteiger partial charge is 0.493 e. The molecule has 0 spiro atoms. The minimum Gasteiger partial charge on any atom is -0.493 e. The average Bonchev–Trinajstić information content (AvgIpc) is 2.79. The molecule has 1 amide bonds. The fourth-order valence-electron chi connectivity index (χ4n) is 3.06. The van der Waals surface area contributed by atoms with E-state index in [1.807, 2.05) is 13.0 Å². The lowest BCUT2D eigenvalue weighted by Gasteiger charge is -2.26. The van der Waals surface area contributed by atoms with E-state index in [4.69, 9.17) is 14.2 Å². The molecule has 0 atom stereocenters. The summed E-state index contributed by atoms with van der Waals surface area (Å²) in [5.74, 6) is 0.886. The van der Waals surface area contributed by atoms with Crippen molar-refractivity contribution in [2.24, 2.45) is 0 Å². The second kappa shape index (κ2) is 10.4. The van der Waals surface area contributed by atoms with Gasteiger partial charge >= 0.3 is 0 Å². The van der Waals surface area contributed by atoms with Gasteiger partial charge in [0.25, 0.3) is 0 Å². The molecule has 0 saturated carbocycles. The minimum atomic E-state index is -3.56. The monoisotopic (exact) mass is 446 g/mol. The summed E-state index contributed by atoms with van der Waals surface area (Å²) in [4.78, 5) is 12.4. The molecule has 1 fully saturated rings.